The van der Waals surface area contributed by atoms with E-state index in [1.807, 2.05) is 13.8 Å². The SMILES string of the molecule is CC.CCCCCC(CC)CCC. The lowest BCUT2D eigenvalue weighted by Gasteiger charge is -2.12. The number of rotatable bonds is 7. The fourth-order valence-electron chi connectivity index (χ4n) is 1.64. The molecule has 0 heteroatoms. The van der Waals surface area contributed by atoms with Crippen LogP contribution in [0.4, 0.5) is 0 Å². The van der Waals surface area contributed by atoms with Crippen LogP contribution in [0.1, 0.15) is 79.6 Å². The molecule has 0 aromatic carbocycles. The Balaban J connectivity index is 0. The summed E-state index contributed by atoms with van der Waals surface area (Å²) in [5.41, 5.74) is 0. The minimum Gasteiger partial charge on any atom is -0.0683 e. The number of unbranched alkanes of at least 4 members (excludes halogenated alkanes) is 2. The van der Waals surface area contributed by atoms with Gasteiger partial charge in [0, 0.05) is 0 Å². The molecule has 0 radical (unpaired) electrons. The second-order valence-electron chi connectivity index (χ2n) is 3.56. The van der Waals surface area contributed by atoms with E-state index in [1.54, 1.807) is 0 Å². The van der Waals surface area contributed by atoms with Crippen LogP contribution < -0.4 is 0 Å². The lowest BCUT2D eigenvalue weighted by Crippen LogP contribution is -1.97. The molecule has 0 saturated carbocycles. The molecule has 0 aromatic heterocycles. The molecule has 0 heterocycles. The summed E-state index contributed by atoms with van der Waals surface area (Å²) in [5, 5.41) is 0. The maximum absolute atomic E-state index is 2.33. The van der Waals surface area contributed by atoms with Crippen molar-refractivity contribution in [2.24, 2.45) is 5.92 Å². The second-order valence-corrected chi connectivity index (χ2v) is 3.56. The molecule has 0 N–H and O–H groups in total. The van der Waals surface area contributed by atoms with Gasteiger partial charge in [-0.2, -0.15) is 0 Å². The smallest absolute Gasteiger partial charge is 0.0417 e. The van der Waals surface area contributed by atoms with Crippen molar-refractivity contribution in [1.29, 1.82) is 0 Å². The molecule has 1 atom stereocenters. The molecule has 82 valence electrons. The molecule has 0 spiro atoms. The fourth-order valence-corrected chi connectivity index (χ4v) is 1.64. The Morgan fingerprint density at radius 2 is 1.38 bits per heavy atom. The topological polar surface area (TPSA) is 0 Å². The molecule has 13 heavy (non-hydrogen) atoms. The molecule has 1 unspecified atom stereocenters. The first kappa shape index (κ1) is 15.5. The molecule has 0 aliphatic carbocycles. The highest BCUT2D eigenvalue weighted by atomic mass is 14.1. The fraction of sp³-hybridized carbons (Fsp3) is 1.00. The van der Waals surface area contributed by atoms with Crippen molar-refractivity contribution in [3.05, 3.63) is 0 Å². The van der Waals surface area contributed by atoms with Crippen molar-refractivity contribution in [2.75, 3.05) is 0 Å². The Kier molecular flexibility index (Phi) is 17.3. The van der Waals surface area contributed by atoms with Gasteiger partial charge in [0.2, 0.25) is 0 Å². The van der Waals surface area contributed by atoms with E-state index in [0.29, 0.717) is 0 Å². The summed E-state index contributed by atoms with van der Waals surface area (Å²) >= 11 is 0. The van der Waals surface area contributed by atoms with Crippen LogP contribution in [0.25, 0.3) is 0 Å². The van der Waals surface area contributed by atoms with Crippen LogP contribution in [-0.4, -0.2) is 0 Å². The molecule has 0 saturated heterocycles. The van der Waals surface area contributed by atoms with E-state index >= 15 is 0 Å². The second kappa shape index (κ2) is 14.5. The Morgan fingerprint density at radius 1 is 0.769 bits per heavy atom. The molecule has 0 rings (SSSR count). The molecular formula is C13H30. The van der Waals surface area contributed by atoms with Gasteiger partial charge in [-0.15, -0.1) is 0 Å². The quantitative estimate of drug-likeness (QED) is 0.466. The predicted octanol–water partition coefficient (Wildman–Crippen LogP) is 5.42. The summed E-state index contributed by atoms with van der Waals surface area (Å²) in [6.07, 6.45) is 9.92. The van der Waals surface area contributed by atoms with Gasteiger partial charge in [-0.05, 0) is 5.92 Å². The van der Waals surface area contributed by atoms with Gasteiger partial charge >= 0.3 is 0 Å². The van der Waals surface area contributed by atoms with Crippen molar-refractivity contribution in [2.45, 2.75) is 79.6 Å². The summed E-state index contributed by atoms with van der Waals surface area (Å²) in [4.78, 5) is 0. The van der Waals surface area contributed by atoms with E-state index < -0.39 is 0 Å². The van der Waals surface area contributed by atoms with Crippen molar-refractivity contribution < 1.29 is 0 Å². The normalized spacial score (nSPS) is 11.8. The van der Waals surface area contributed by atoms with Crippen LogP contribution in [0.5, 0.6) is 0 Å². The van der Waals surface area contributed by atoms with Crippen LogP contribution in [0.2, 0.25) is 0 Å². The van der Waals surface area contributed by atoms with Crippen LogP contribution >= 0.6 is 0 Å². The zero-order valence-corrected chi connectivity index (χ0v) is 10.5. The highest BCUT2D eigenvalue weighted by Gasteiger charge is 2.03. The standard InChI is InChI=1S/C11H24.C2H6/c1-4-7-8-10-11(6-3)9-5-2;1-2/h11H,4-10H2,1-3H3;1-2H3. The molecule has 0 nitrogen and oxygen atoms in total. The highest BCUT2D eigenvalue weighted by Crippen LogP contribution is 2.18. The molecule has 0 aromatic rings. The molecule has 0 aliphatic heterocycles. The van der Waals surface area contributed by atoms with Gasteiger partial charge in [-0.3, -0.25) is 0 Å². The van der Waals surface area contributed by atoms with E-state index in [1.165, 1.54) is 44.9 Å². The van der Waals surface area contributed by atoms with E-state index in [2.05, 4.69) is 20.8 Å². The van der Waals surface area contributed by atoms with Crippen molar-refractivity contribution in [3.8, 4) is 0 Å². The van der Waals surface area contributed by atoms with Gasteiger partial charge < -0.3 is 0 Å². The van der Waals surface area contributed by atoms with Crippen molar-refractivity contribution in [1.82, 2.24) is 0 Å². The van der Waals surface area contributed by atoms with Crippen LogP contribution in [0.15, 0.2) is 0 Å². The maximum atomic E-state index is 2.33. The predicted molar refractivity (Wildman–Crippen MR) is 64.2 cm³/mol. The van der Waals surface area contributed by atoms with Crippen LogP contribution in [-0.2, 0) is 0 Å². The van der Waals surface area contributed by atoms with E-state index in [9.17, 15) is 0 Å². The van der Waals surface area contributed by atoms with Gasteiger partial charge in [0.05, 0.1) is 0 Å². The van der Waals surface area contributed by atoms with Crippen LogP contribution in [0.3, 0.4) is 0 Å². The van der Waals surface area contributed by atoms with Crippen LogP contribution in [0, 0.1) is 5.92 Å². The van der Waals surface area contributed by atoms with Crippen molar-refractivity contribution in [3.63, 3.8) is 0 Å². The Bertz CT molecular complexity index is 66.4. The summed E-state index contributed by atoms with van der Waals surface area (Å²) < 4.78 is 0. The average Bonchev–Trinajstić information content (AvgIpc) is 2.20. The van der Waals surface area contributed by atoms with E-state index in [0.717, 1.165) is 5.92 Å². The summed E-state index contributed by atoms with van der Waals surface area (Å²) in [6.45, 7) is 10.9. The summed E-state index contributed by atoms with van der Waals surface area (Å²) in [7, 11) is 0. The Labute approximate surface area is 86.1 Å². The highest BCUT2D eigenvalue weighted by molar-refractivity contribution is 4.56. The minimum absolute atomic E-state index is 1.02. The largest absolute Gasteiger partial charge is 0.0683 e. The lowest BCUT2D eigenvalue weighted by molar-refractivity contribution is 0.412. The molecule has 0 amide bonds. The summed E-state index contributed by atoms with van der Waals surface area (Å²) in [6, 6.07) is 0. The molecule has 0 bridgehead atoms. The third kappa shape index (κ3) is 12.0. The monoisotopic (exact) mass is 186 g/mol. The summed E-state index contributed by atoms with van der Waals surface area (Å²) in [5.74, 6) is 1.02. The minimum atomic E-state index is 1.02. The van der Waals surface area contributed by atoms with Gasteiger partial charge in [0.25, 0.3) is 0 Å². The maximum Gasteiger partial charge on any atom is -0.0417 e. The third-order valence-corrected chi connectivity index (χ3v) is 2.49. The van der Waals surface area contributed by atoms with E-state index in [-0.39, 0.29) is 0 Å². The lowest BCUT2D eigenvalue weighted by atomic mass is 9.94. The van der Waals surface area contributed by atoms with Gasteiger partial charge in [-0.25, -0.2) is 0 Å². The molecule has 0 fully saturated rings. The number of hydrogen-bond donors (Lipinski definition) is 0. The first-order valence-electron chi connectivity index (χ1n) is 6.35. The zero-order valence-electron chi connectivity index (χ0n) is 10.5. The molecular weight excluding hydrogens is 156 g/mol. The first-order chi connectivity index (χ1) is 6.35. The van der Waals surface area contributed by atoms with Gasteiger partial charge in [-0.1, -0.05) is 79.6 Å². The zero-order chi connectivity index (χ0) is 10.5. The average molecular weight is 186 g/mol. The third-order valence-electron chi connectivity index (χ3n) is 2.49. The molecule has 0 aliphatic rings. The number of hydrogen-bond acceptors (Lipinski definition) is 0. The van der Waals surface area contributed by atoms with Crippen molar-refractivity contribution >= 4 is 0 Å². The first-order valence-corrected chi connectivity index (χ1v) is 6.35. The Morgan fingerprint density at radius 3 is 1.77 bits per heavy atom. The Hall–Kier alpha value is 0. The van der Waals surface area contributed by atoms with Gasteiger partial charge in [0.15, 0.2) is 0 Å². The van der Waals surface area contributed by atoms with E-state index in [4.69, 9.17) is 0 Å². The van der Waals surface area contributed by atoms with Gasteiger partial charge in [0.1, 0.15) is 0 Å².